The van der Waals surface area contributed by atoms with Crippen molar-refractivity contribution in [1.82, 2.24) is 4.98 Å². The Labute approximate surface area is 116 Å². The lowest BCUT2D eigenvalue weighted by Crippen LogP contribution is -2.16. The molecule has 6 N–H and O–H groups in total. The summed E-state index contributed by atoms with van der Waals surface area (Å²) in [6.07, 6.45) is -0.699. The number of anilines is 2. The van der Waals surface area contributed by atoms with E-state index in [4.69, 9.17) is 11.5 Å². The van der Waals surface area contributed by atoms with Crippen molar-refractivity contribution in [3.05, 3.63) is 53.7 Å². The van der Waals surface area contributed by atoms with Gasteiger partial charge in [-0.25, -0.2) is 4.98 Å². The van der Waals surface area contributed by atoms with Crippen LogP contribution in [0.1, 0.15) is 22.2 Å². The van der Waals surface area contributed by atoms with Crippen LogP contribution in [0, 0.1) is 0 Å². The monoisotopic (exact) mass is 272 g/mol. The third kappa shape index (κ3) is 3.46. The average Bonchev–Trinajstić information content (AvgIpc) is 2.46. The van der Waals surface area contributed by atoms with Crippen LogP contribution in [0.2, 0.25) is 0 Å². The molecule has 0 bridgehead atoms. The maximum atomic E-state index is 11.0. The van der Waals surface area contributed by atoms with E-state index in [-0.39, 0.29) is 12.2 Å². The molecule has 20 heavy (non-hydrogen) atoms. The van der Waals surface area contributed by atoms with E-state index in [0.717, 1.165) is 5.56 Å². The zero-order valence-electron chi connectivity index (χ0n) is 10.8. The minimum absolute atomic E-state index is 0.178. The summed E-state index contributed by atoms with van der Waals surface area (Å²) in [7, 11) is 0. The van der Waals surface area contributed by atoms with Gasteiger partial charge in [0.2, 0.25) is 0 Å². The SMILES string of the molecule is NC(=O)c1cccc(NCC(O)c2ccc(N)cc2)n1. The van der Waals surface area contributed by atoms with Crippen molar-refractivity contribution in [1.29, 1.82) is 0 Å². The highest BCUT2D eigenvalue weighted by Crippen LogP contribution is 2.15. The summed E-state index contributed by atoms with van der Waals surface area (Å²) in [5.74, 6) is -0.108. The fourth-order valence-electron chi connectivity index (χ4n) is 1.71. The Balaban J connectivity index is 1.99. The van der Waals surface area contributed by atoms with Gasteiger partial charge in [0.1, 0.15) is 11.5 Å². The first-order valence-electron chi connectivity index (χ1n) is 6.10. The van der Waals surface area contributed by atoms with Gasteiger partial charge in [-0.3, -0.25) is 4.79 Å². The van der Waals surface area contributed by atoms with Gasteiger partial charge >= 0.3 is 0 Å². The Morgan fingerprint density at radius 1 is 1.25 bits per heavy atom. The number of nitrogens with one attached hydrogen (secondary N) is 1. The van der Waals surface area contributed by atoms with Crippen LogP contribution in [0.25, 0.3) is 0 Å². The van der Waals surface area contributed by atoms with E-state index in [0.29, 0.717) is 11.5 Å². The lowest BCUT2D eigenvalue weighted by molar-refractivity contribution is 0.0995. The molecule has 0 aliphatic heterocycles. The first kappa shape index (κ1) is 13.8. The molecule has 1 atom stereocenters. The zero-order valence-corrected chi connectivity index (χ0v) is 10.8. The second-order valence-corrected chi connectivity index (χ2v) is 4.34. The number of nitrogens with two attached hydrogens (primary N) is 2. The molecule has 0 radical (unpaired) electrons. The normalized spacial score (nSPS) is 11.8. The van der Waals surface area contributed by atoms with E-state index in [1.54, 1.807) is 36.4 Å². The van der Waals surface area contributed by atoms with Gasteiger partial charge in [-0.1, -0.05) is 18.2 Å². The smallest absolute Gasteiger partial charge is 0.267 e. The van der Waals surface area contributed by atoms with E-state index in [2.05, 4.69) is 10.3 Å². The maximum absolute atomic E-state index is 11.0. The van der Waals surface area contributed by atoms with Crippen LogP contribution in [0.5, 0.6) is 0 Å². The molecule has 1 unspecified atom stereocenters. The number of primary amides is 1. The highest BCUT2D eigenvalue weighted by Gasteiger charge is 2.08. The number of carbonyl (C=O) groups is 1. The first-order chi connectivity index (χ1) is 9.56. The Hall–Kier alpha value is -2.60. The van der Waals surface area contributed by atoms with Crippen LogP contribution < -0.4 is 16.8 Å². The van der Waals surface area contributed by atoms with E-state index in [9.17, 15) is 9.90 Å². The number of carbonyl (C=O) groups excluding carboxylic acids is 1. The number of amides is 1. The molecule has 2 aromatic rings. The van der Waals surface area contributed by atoms with Crippen molar-refractivity contribution < 1.29 is 9.90 Å². The number of nitrogen functional groups attached to an aromatic ring is 1. The molecular weight excluding hydrogens is 256 g/mol. The summed E-state index contributed by atoms with van der Waals surface area (Å²) >= 11 is 0. The zero-order chi connectivity index (χ0) is 14.5. The van der Waals surface area contributed by atoms with Crippen LogP contribution in [-0.4, -0.2) is 22.5 Å². The van der Waals surface area contributed by atoms with Gasteiger partial charge in [0.15, 0.2) is 0 Å². The summed E-state index contributed by atoms with van der Waals surface area (Å²) in [6, 6.07) is 11.9. The summed E-state index contributed by atoms with van der Waals surface area (Å²) < 4.78 is 0. The number of benzene rings is 1. The van der Waals surface area contributed by atoms with Gasteiger partial charge in [0.05, 0.1) is 6.10 Å². The second-order valence-electron chi connectivity index (χ2n) is 4.34. The van der Waals surface area contributed by atoms with Gasteiger partial charge in [0, 0.05) is 12.2 Å². The Kier molecular flexibility index (Phi) is 4.17. The van der Waals surface area contributed by atoms with E-state index < -0.39 is 12.0 Å². The summed E-state index contributed by atoms with van der Waals surface area (Å²) in [5.41, 5.74) is 12.3. The quantitative estimate of drug-likeness (QED) is 0.604. The molecule has 1 aromatic heterocycles. The second kappa shape index (κ2) is 6.03. The summed E-state index contributed by atoms with van der Waals surface area (Å²) in [4.78, 5) is 15.1. The molecule has 0 spiro atoms. The summed E-state index contributed by atoms with van der Waals surface area (Å²) in [5, 5.41) is 13.0. The standard InChI is InChI=1S/C14H16N4O2/c15-10-6-4-9(5-7-10)12(19)8-17-13-3-1-2-11(18-13)14(16)20/h1-7,12,19H,8,15H2,(H2,16,20)(H,17,18). The highest BCUT2D eigenvalue weighted by atomic mass is 16.3. The van der Waals surface area contributed by atoms with Gasteiger partial charge in [0.25, 0.3) is 5.91 Å². The van der Waals surface area contributed by atoms with Crippen molar-refractivity contribution >= 4 is 17.4 Å². The van der Waals surface area contributed by atoms with Gasteiger partial charge < -0.3 is 21.9 Å². The van der Waals surface area contributed by atoms with Crippen LogP contribution in [-0.2, 0) is 0 Å². The molecule has 0 aliphatic carbocycles. The molecule has 1 aromatic carbocycles. The molecule has 0 saturated carbocycles. The maximum Gasteiger partial charge on any atom is 0.267 e. The molecule has 0 fully saturated rings. The number of rotatable bonds is 5. The number of nitrogens with zero attached hydrogens (tertiary/aromatic N) is 1. The van der Waals surface area contributed by atoms with Crippen molar-refractivity contribution in [2.45, 2.75) is 6.10 Å². The van der Waals surface area contributed by atoms with Gasteiger partial charge in [-0.2, -0.15) is 0 Å². The first-order valence-corrected chi connectivity index (χ1v) is 6.10. The lowest BCUT2D eigenvalue weighted by Gasteiger charge is -2.13. The average molecular weight is 272 g/mol. The molecule has 0 aliphatic rings. The van der Waals surface area contributed by atoms with Gasteiger partial charge in [-0.15, -0.1) is 0 Å². The minimum atomic E-state index is -0.699. The van der Waals surface area contributed by atoms with E-state index in [1.165, 1.54) is 6.07 Å². The predicted octanol–water partition coefficient (Wildman–Crippen LogP) is 0.908. The van der Waals surface area contributed by atoms with Crippen LogP contribution in [0.3, 0.4) is 0 Å². The van der Waals surface area contributed by atoms with Crippen molar-refractivity contribution in [2.24, 2.45) is 5.73 Å². The molecule has 1 amide bonds. The van der Waals surface area contributed by atoms with Crippen LogP contribution in [0.15, 0.2) is 42.5 Å². The third-order valence-corrected chi connectivity index (χ3v) is 2.80. The summed E-state index contributed by atoms with van der Waals surface area (Å²) in [6.45, 7) is 0.263. The Morgan fingerprint density at radius 3 is 2.60 bits per heavy atom. The number of hydrogen-bond donors (Lipinski definition) is 4. The lowest BCUT2D eigenvalue weighted by atomic mass is 10.1. The van der Waals surface area contributed by atoms with E-state index in [1.807, 2.05) is 0 Å². The third-order valence-electron chi connectivity index (χ3n) is 2.80. The molecule has 2 rings (SSSR count). The minimum Gasteiger partial charge on any atom is -0.399 e. The molecule has 1 heterocycles. The molecule has 104 valence electrons. The number of aliphatic hydroxyl groups excluding tert-OH is 1. The molecule has 0 saturated heterocycles. The molecular formula is C14H16N4O2. The van der Waals surface area contributed by atoms with E-state index >= 15 is 0 Å². The number of pyridine rings is 1. The Bertz CT molecular complexity index is 598. The largest absolute Gasteiger partial charge is 0.399 e. The van der Waals surface area contributed by atoms with Crippen molar-refractivity contribution in [2.75, 3.05) is 17.6 Å². The fraction of sp³-hybridized carbons (Fsp3) is 0.143. The molecule has 6 nitrogen and oxygen atoms in total. The van der Waals surface area contributed by atoms with Crippen molar-refractivity contribution in [3.63, 3.8) is 0 Å². The Morgan fingerprint density at radius 2 is 1.95 bits per heavy atom. The van der Waals surface area contributed by atoms with Crippen molar-refractivity contribution in [3.8, 4) is 0 Å². The molecule has 6 heteroatoms. The number of hydrogen-bond acceptors (Lipinski definition) is 5. The van der Waals surface area contributed by atoms with Crippen LogP contribution in [0.4, 0.5) is 11.5 Å². The predicted molar refractivity (Wildman–Crippen MR) is 77.1 cm³/mol. The topological polar surface area (TPSA) is 114 Å². The number of aliphatic hydroxyl groups is 1. The van der Waals surface area contributed by atoms with Crippen LogP contribution >= 0.6 is 0 Å². The van der Waals surface area contributed by atoms with Gasteiger partial charge in [-0.05, 0) is 29.8 Å². The fourth-order valence-corrected chi connectivity index (χ4v) is 1.71. The number of aromatic nitrogens is 1. The highest BCUT2D eigenvalue weighted by molar-refractivity contribution is 5.91.